The lowest BCUT2D eigenvalue weighted by Gasteiger charge is -1.98. The van der Waals surface area contributed by atoms with Crippen LogP contribution in [-0.2, 0) is 12.8 Å². The molecule has 0 amide bonds. The minimum Gasteiger partial charge on any atom is -0.355 e. The molecule has 1 aliphatic carbocycles. The van der Waals surface area contributed by atoms with Gasteiger partial charge in [-0.1, -0.05) is 30.3 Å². The van der Waals surface area contributed by atoms with E-state index in [4.69, 9.17) is 0 Å². The van der Waals surface area contributed by atoms with Gasteiger partial charge in [0.05, 0.1) is 0 Å². The predicted molar refractivity (Wildman–Crippen MR) is 75.8 cm³/mol. The van der Waals surface area contributed by atoms with E-state index in [1.807, 2.05) is 0 Å². The van der Waals surface area contributed by atoms with Gasteiger partial charge in [0.15, 0.2) is 0 Å². The van der Waals surface area contributed by atoms with E-state index in [1.165, 1.54) is 47.0 Å². The highest BCUT2D eigenvalue weighted by atomic mass is 14.7. The van der Waals surface area contributed by atoms with Gasteiger partial charge in [-0.3, -0.25) is 0 Å². The summed E-state index contributed by atoms with van der Waals surface area (Å²) >= 11 is 0. The van der Waals surface area contributed by atoms with Crippen molar-refractivity contribution in [2.45, 2.75) is 19.3 Å². The summed E-state index contributed by atoms with van der Waals surface area (Å²) in [7, 11) is 0. The van der Waals surface area contributed by atoms with Gasteiger partial charge in [0, 0.05) is 16.6 Å². The maximum Gasteiger partial charge on any atom is 0.0464 e. The molecule has 0 bridgehead atoms. The second kappa shape index (κ2) is 3.74. The highest BCUT2D eigenvalue weighted by Crippen LogP contribution is 2.30. The van der Waals surface area contributed by atoms with Gasteiger partial charge < -0.3 is 4.98 Å². The van der Waals surface area contributed by atoms with Gasteiger partial charge in [0.25, 0.3) is 0 Å². The van der Waals surface area contributed by atoms with Crippen LogP contribution < -0.4 is 0 Å². The number of aryl methyl sites for hydroxylation is 2. The second-order valence-electron chi connectivity index (χ2n) is 5.11. The van der Waals surface area contributed by atoms with Crippen molar-refractivity contribution in [1.82, 2.24) is 4.98 Å². The van der Waals surface area contributed by atoms with Crippen molar-refractivity contribution in [3.05, 3.63) is 59.7 Å². The molecule has 0 radical (unpaired) electrons. The number of rotatable bonds is 1. The number of fused-ring (bicyclic) bond motifs is 2. The summed E-state index contributed by atoms with van der Waals surface area (Å²) in [6, 6.07) is 17.5. The van der Waals surface area contributed by atoms with Crippen molar-refractivity contribution in [1.29, 1.82) is 0 Å². The first-order valence-corrected chi connectivity index (χ1v) is 6.60. The standard InChI is InChI=1S/C17H15N/c1-2-5-12(6-3-1)16-11-15-9-13-7-4-8-14(13)10-17(15)18-16/h1-3,5-6,9-11,18H,4,7-8H2. The topological polar surface area (TPSA) is 15.8 Å². The van der Waals surface area contributed by atoms with Crippen molar-refractivity contribution >= 4 is 10.9 Å². The first-order chi connectivity index (χ1) is 8.90. The molecule has 0 spiro atoms. The Hall–Kier alpha value is -2.02. The molecule has 1 heterocycles. The minimum atomic E-state index is 1.22. The summed E-state index contributed by atoms with van der Waals surface area (Å²) in [5, 5.41) is 1.34. The molecular weight excluding hydrogens is 218 g/mol. The van der Waals surface area contributed by atoms with Crippen molar-refractivity contribution in [3.63, 3.8) is 0 Å². The van der Waals surface area contributed by atoms with Crippen LogP contribution in [-0.4, -0.2) is 4.98 Å². The normalized spacial score (nSPS) is 14.0. The van der Waals surface area contributed by atoms with E-state index in [-0.39, 0.29) is 0 Å². The van der Waals surface area contributed by atoms with Crippen LogP contribution in [0.2, 0.25) is 0 Å². The van der Waals surface area contributed by atoms with Crippen LogP contribution in [0.1, 0.15) is 17.5 Å². The molecule has 1 aliphatic rings. The van der Waals surface area contributed by atoms with E-state index in [2.05, 4.69) is 53.5 Å². The van der Waals surface area contributed by atoms with E-state index < -0.39 is 0 Å². The summed E-state index contributed by atoms with van der Waals surface area (Å²) in [5.74, 6) is 0. The Labute approximate surface area is 106 Å². The summed E-state index contributed by atoms with van der Waals surface area (Å²) in [6.07, 6.45) is 3.80. The summed E-state index contributed by atoms with van der Waals surface area (Å²) < 4.78 is 0. The number of aromatic nitrogens is 1. The fourth-order valence-electron chi connectivity index (χ4n) is 2.98. The second-order valence-corrected chi connectivity index (χ2v) is 5.11. The molecular formula is C17H15N. The molecule has 3 aromatic rings. The van der Waals surface area contributed by atoms with Crippen LogP contribution >= 0.6 is 0 Å². The summed E-state index contributed by atoms with van der Waals surface area (Å²) in [5.41, 5.74) is 6.82. The Balaban J connectivity index is 1.90. The molecule has 1 aromatic heterocycles. The molecule has 1 heteroatoms. The van der Waals surface area contributed by atoms with Crippen LogP contribution in [0.5, 0.6) is 0 Å². The zero-order chi connectivity index (χ0) is 11.9. The SMILES string of the molecule is c1ccc(-c2cc3cc4c(cc3[nH]2)CCC4)cc1. The smallest absolute Gasteiger partial charge is 0.0464 e. The molecule has 0 unspecified atom stereocenters. The van der Waals surface area contributed by atoms with Gasteiger partial charge in [0.1, 0.15) is 0 Å². The zero-order valence-corrected chi connectivity index (χ0v) is 10.2. The zero-order valence-electron chi connectivity index (χ0n) is 10.2. The molecule has 2 aromatic carbocycles. The molecule has 0 saturated carbocycles. The third-order valence-electron chi connectivity index (χ3n) is 3.92. The maximum atomic E-state index is 3.54. The average Bonchev–Trinajstić information content (AvgIpc) is 3.01. The highest BCUT2D eigenvalue weighted by molar-refractivity contribution is 5.87. The predicted octanol–water partition coefficient (Wildman–Crippen LogP) is 4.32. The van der Waals surface area contributed by atoms with Crippen LogP contribution in [0.25, 0.3) is 22.2 Å². The lowest BCUT2D eigenvalue weighted by Crippen LogP contribution is -1.81. The van der Waals surface area contributed by atoms with E-state index in [1.54, 1.807) is 5.56 Å². The monoisotopic (exact) mass is 233 g/mol. The third-order valence-corrected chi connectivity index (χ3v) is 3.92. The molecule has 0 aliphatic heterocycles. The Morgan fingerprint density at radius 3 is 2.44 bits per heavy atom. The molecule has 18 heavy (non-hydrogen) atoms. The molecule has 0 fully saturated rings. The number of nitrogens with one attached hydrogen (secondary N) is 1. The van der Waals surface area contributed by atoms with Gasteiger partial charge >= 0.3 is 0 Å². The van der Waals surface area contributed by atoms with Crippen molar-refractivity contribution in [2.75, 3.05) is 0 Å². The van der Waals surface area contributed by atoms with E-state index >= 15 is 0 Å². The maximum absolute atomic E-state index is 3.54. The number of aromatic amines is 1. The fraction of sp³-hybridized carbons (Fsp3) is 0.176. The largest absolute Gasteiger partial charge is 0.355 e. The van der Waals surface area contributed by atoms with Crippen molar-refractivity contribution in [3.8, 4) is 11.3 Å². The minimum absolute atomic E-state index is 1.22. The lowest BCUT2D eigenvalue weighted by atomic mass is 10.1. The van der Waals surface area contributed by atoms with Crippen LogP contribution in [0.15, 0.2) is 48.5 Å². The number of benzene rings is 2. The Kier molecular flexibility index (Phi) is 2.07. The lowest BCUT2D eigenvalue weighted by molar-refractivity contribution is 0.912. The fourth-order valence-corrected chi connectivity index (χ4v) is 2.98. The Bertz CT molecular complexity index is 666. The van der Waals surface area contributed by atoms with Crippen molar-refractivity contribution in [2.24, 2.45) is 0 Å². The van der Waals surface area contributed by atoms with Crippen molar-refractivity contribution < 1.29 is 0 Å². The number of hydrogen-bond acceptors (Lipinski definition) is 0. The van der Waals surface area contributed by atoms with Gasteiger partial charge in [-0.05, 0) is 54.2 Å². The Morgan fingerprint density at radius 2 is 1.61 bits per heavy atom. The quantitative estimate of drug-likeness (QED) is 0.644. The summed E-state index contributed by atoms with van der Waals surface area (Å²) in [6.45, 7) is 0. The molecule has 0 atom stereocenters. The first kappa shape index (κ1) is 9.95. The van der Waals surface area contributed by atoms with Crippen LogP contribution in [0.3, 0.4) is 0 Å². The van der Waals surface area contributed by atoms with E-state index in [9.17, 15) is 0 Å². The molecule has 88 valence electrons. The summed E-state index contributed by atoms with van der Waals surface area (Å²) in [4.78, 5) is 3.54. The van der Waals surface area contributed by atoms with Crippen LogP contribution in [0.4, 0.5) is 0 Å². The van der Waals surface area contributed by atoms with Gasteiger partial charge in [-0.25, -0.2) is 0 Å². The number of hydrogen-bond donors (Lipinski definition) is 1. The van der Waals surface area contributed by atoms with Gasteiger partial charge in [0.2, 0.25) is 0 Å². The number of H-pyrrole nitrogens is 1. The molecule has 0 saturated heterocycles. The highest BCUT2D eigenvalue weighted by Gasteiger charge is 2.13. The van der Waals surface area contributed by atoms with Gasteiger partial charge in [-0.2, -0.15) is 0 Å². The molecule has 1 N–H and O–H groups in total. The molecule has 4 rings (SSSR count). The Morgan fingerprint density at radius 1 is 0.833 bits per heavy atom. The third kappa shape index (κ3) is 1.47. The van der Waals surface area contributed by atoms with E-state index in [0.717, 1.165) is 0 Å². The average molecular weight is 233 g/mol. The van der Waals surface area contributed by atoms with Gasteiger partial charge in [-0.15, -0.1) is 0 Å². The van der Waals surface area contributed by atoms with Crippen LogP contribution in [0, 0.1) is 0 Å². The first-order valence-electron chi connectivity index (χ1n) is 6.60. The van der Waals surface area contributed by atoms with E-state index in [0.29, 0.717) is 0 Å². The molecule has 1 nitrogen and oxygen atoms in total.